The first-order valence-corrected chi connectivity index (χ1v) is 9.41. The molecule has 0 N–H and O–H groups in total. The highest BCUT2D eigenvalue weighted by molar-refractivity contribution is 6.11. The van der Waals surface area contributed by atoms with Gasteiger partial charge in [-0.25, -0.2) is 0 Å². The van der Waals surface area contributed by atoms with Gasteiger partial charge in [0.25, 0.3) is 0 Å². The molecule has 0 fully saturated rings. The lowest BCUT2D eigenvalue weighted by atomic mass is 9.80. The Morgan fingerprint density at radius 2 is 1.40 bits per heavy atom. The molecule has 0 saturated carbocycles. The quantitative estimate of drug-likeness (QED) is 0.439. The first-order chi connectivity index (χ1) is 11.6. The van der Waals surface area contributed by atoms with Crippen LogP contribution in [0.2, 0.25) is 0 Å². The van der Waals surface area contributed by atoms with Gasteiger partial charge in [-0.15, -0.1) is 0 Å². The van der Waals surface area contributed by atoms with Gasteiger partial charge in [-0.1, -0.05) is 53.7 Å². The van der Waals surface area contributed by atoms with Crippen LogP contribution in [0.4, 0.5) is 0 Å². The second kappa shape index (κ2) is 9.28. The molecule has 0 saturated heterocycles. The van der Waals surface area contributed by atoms with Crippen molar-refractivity contribution >= 4 is 11.6 Å². The number of rotatable bonds is 9. The van der Waals surface area contributed by atoms with Crippen LogP contribution in [0, 0.1) is 5.92 Å². The first kappa shape index (κ1) is 21.6. The van der Waals surface area contributed by atoms with E-state index in [-0.39, 0.29) is 30.0 Å². The van der Waals surface area contributed by atoms with Gasteiger partial charge in [0.05, 0.1) is 6.61 Å². The standard InChI is InChI=1S/C22H34O3/c1-9-25-12-20(16(8)23)22(24)21-18(14(4)5)10-17(13(2)3)11-19(21)15(6)7/h10-11,13-15,20H,9,12H2,1-8H3. The molecule has 3 heteroatoms. The summed E-state index contributed by atoms with van der Waals surface area (Å²) in [6.07, 6.45) is 0. The molecule has 0 aliphatic rings. The van der Waals surface area contributed by atoms with Crippen LogP contribution < -0.4 is 0 Å². The van der Waals surface area contributed by atoms with Gasteiger partial charge in [0.1, 0.15) is 11.7 Å². The fraction of sp³-hybridized carbons (Fsp3) is 0.636. The minimum atomic E-state index is -0.722. The van der Waals surface area contributed by atoms with Crippen molar-refractivity contribution < 1.29 is 14.3 Å². The second-order valence-electron chi connectivity index (χ2n) is 7.73. The number of benzene rings is 1. The zero-order chi connectivity index (χ0) is 19.3. The molecule has 3 nitrogen and oxygen atoms in total. The summed E-state index contributed by atoms with van der Waals surface area (Å²) in [5.41, 5.74) is 4.06. The van der Waals surface area contributed by atoms with Crippen molar-refractivity contribution in [3.63, 3.8) is 0 Å². The molecule has 0 bridgehead atoms. The molecule has 0 spiro atoms. The summed E-state index contributed by atoms with van der Waals surface area (Å²) >= 11 is 0. The molecular weight excluding hydrogens is 312 g/mol. The lowest BCUT2D eigenvalue weighted by Gasteiger charge is -2.24. The number of hydrogen-bond acceptors (Lipinski definition) is 3. The monoisotopic (exact) mass is 346 g/mol. The lowest BCUT2D eigenvalue weighted by Crippen LogP contribution is -2.29. The Morgan fingerprint density at radius 3 is 1.72 bits per heavy atom. The summed E-state index contributed by atoms with van der Waals surface area (Å²) in [4.78, 5) is 25.4. The Morgan fingerprint density at radius 1 is 0.920 bits per heavy atom. The predicted octanol–water partition coefficient (Wildman–Crippen LogP) is 5.48. The van der Waals surface area contributed by atoms with E-state index in [0.717, 1.165) is 16.7 Å². The molecule has 1 aromatic carbocycles. The Bertz CT molecular complexity index is 583. The molecule has 0 aliphatic heterocycles. The molecule has 0 amide bonds. The summed E-state index contributed by atoms with van der Waals surface area (Å²) < 4.78 is 5.42. The van der Waals surface area contributed by atoms with Crippen LogP contribution in [0.3, 0.4) is 0 Å². The van der Waals surface area contributed by atoms with E-state index < -0.39 is 5.92 Å². The molecule has 0 aromatic heterocycles. The first-order valence-electron chi connectivity index (χ1n) is 9.41. The highest BCUT2D eigenvalue weighted by Crippen LogP contribution is 2.33. The third-order valence-corrected chi connectivity index (χ3v) is 4.67. The summed E-state index contributed by atoms with van der Waals surface area (Å²) in [5, 5.41) is 0. The average molecular weight is 347 g/mol. The largest absolute Gasteiger partial charge is 0.381 e. The molecule has 140 valence electrons. The van der Waals surface area contributed by atoms with Crippen molar-refractivity contribution in [3.05, 3.63) is 34.4 Å². The highest BCUT2D eigenvalue weighted by atomic mass is 16.5. The van der Waals surface area contributed by atoms with Gasteiger partial charge in [0, 0.05) is 12.2 Å². The molecule has 1 atom stereocenters. The van der Waals surface area contributed by atoms with Crippen molar-refractivity contribution in [3.8, 4) is 0 Å². The smallest absolute Gasteiger partial charge is 0.176 e. The molecule has 0 radical (unpaired) electrons. The predicted molar refractivity (Wildman–Crippen MR) is 104 cm³/mol. The van der Waals surface area contributed by atoms with Gasteiger partial charge in [-0.05, 0) is 48.3 Å². The Labute approximate surface area is 153 Å². The minimum absolute atomic E-state index is 0.0938. The fourth-order valence-corrected chi connectivity index (χ4v) is 3.03. The number of hydrogen-bond donors (Lipinski definition) is 0. The van der Waals surface area contributed by atoms with E-state index in [4.69, 9.17) is 4.74 Å². The maximum Gasteiger partial charge on any atom is 0.176 e. The summed E-state index contributed by atoms with van der Waals surface area (Å²) in [6.45, 7) is 16.8. The molecule has 1 rings (SSSR count). The molecule has 25 heavy (non-hydrogen) atoms. The molecule has 1 aromatic rings. The average Bonchev–Trinajstić information content (AvgIpc) is 2.52. The van der Waals surface area contributed by atoms with Crippen LogP contribution in [0.5, 0.6) is 0 Å². The van der Waals surface area contributed by atoms with Gasteiger partial charge in [-0.3, -0.25) is 9.59 Å². The number of carbonyl (C=O) groups excluding carboxylic acids is 2. The Kier molecular flexibility index (Phi) is 8.01. The SMILES string of the molecule is CCOCC(C(C)=O)C(=O)c1c(C(C)C)cc(C(C)C)cc1C(C)C. The zero-order valence-corrected chi connectivity index (χ0v) is 17.1. The van der Waals surface area contributed by atoms with E-state index in [0.29, 0.717) is 12.5 Å². The van der Waals surface area contributed by atoms with E-state index in [9.17, 15) is 9.59 Å². The maximum atomic E-state index is 13.3. The van der Waals surface area contributed by atoms with Gasteiger partial charge < -0.3 is 4.74 Å². The molecular formula is C22H34O3. The van der Waals surface area contributed by atoms with Crippen molar-refractivity contribution in [2.75, 3.05) is 13.2 Å². The van der Waals surface area contributed by atoms with Gasteiger partial charge in [0.15, 0.2) is 5.78 Å². The van der Waals surface area contributed by atoms with Crippen LogP contribution in [0.15, 0.2) is 12.1 Å². The normalized spacial score (nSPS) is 12.9. The second-order valence-corrected chi connectivity index (χ2v) is 7.73. The van der Waals surface area contributed by atoms with Crippen LogP contribution >= 0.6 is 0 Å². The van der Waals surface area contributed by atoms with Gasteiger partial charge in [-0.2, -0.15) is 0 Å². The van der Waals surface area contributed by atoms with Crippen LogP contribution in [0.25, 0.3) is 0 Å². The van der Waals surface area contributed by atoms with Crippen molar-refractivity contribution in [2.24, 2.45) is 5.92 Å². The van der Waals surface area contributed by atoms with Crippen molar-refractivity contribution in [1.29, 1.82) is 0 Å². The fourth-order valence-electron chi connectivity index (χ4n) is 3.03. The number of ketones is 2. The molecule has 0 aliphatic carbocycles. The molecule has 0 heterocycles. The van der Waals surface area contributed by atoms with E-state index in [2.05, 4.69) is 53.7 Å². The lowest BCUT2D eigenvalue weighted by molar-refractivity contribution is -0.120. The van der Waals surface area contributed by atoms with E-state index in [1.54, 1.807) is 0 Å². The maximum absolute atomic E-state index is 13.3. The topological polar surface area (TPSA) is 43.4 Å². The van der Waals surface area contributed by atoms with Crippen molar-refractivity contribution in [2.45, 2.75) is 73.1 Å². The number of carbonyl (C=O) groups is 2. The molecule has 1 unspecified atom stereocenters. The summed E-state index contributed by atoms with van der Waals surface area (Å²) in [6, 6.07) is 4.29. The summed E-state index contributed by atoms with van der Waals surface area (Å²) in [5.74, 6) is -0.116. The Balaban J connectivity index is 3.58. The van der Waals surface area contributed by atoms with E-state index in [1.807, 2.05) is 6.92 Å². The third kappa shape index (κ3) is 5.24. The minimum Gasteiger partial charge on any atom is -0.381 e. The van der Waals surface area contributed by atoms with Crippen molar-refractivity contribution in [1.82, 2.24) is 0 Å². The number of ether oxygens (including phenoxy) is 1. The zero-order valence-electron chi connectivity index (χ0n) is 17.1. The van der Waals surface area contributed by atoms with Crippen LogP contribution in [0.1, 0.15) is 100 Å². The Hall–Kier alpha value is -1.48. The van der Waals surface area contributed by atoms with E-state index in [1.165, 1.54) is 12.5 Å². The van der Waals surface area contributed by atoms with E-state index >= 15 is 0 Å². The highest BCUT2D eigenvalue weighted by Gasteiger charge is 2.30. The third-order valence-electron chi connectivity index (χ3n) is 4.67. The van der Waals surface area contributed by atoms with Gasteiger partial charge in [0.2, 0.25) is 0 Å². The van der Waals surface area contributed by atoms with Gasteiger partial charge >= 0.3 is 0 Å². The van der Waals surface area contributed by atoms with Crippen LogP contribution in [-0.2, 0) is 9.53 Å². The number of Topliss-reactive ketones (excluding diaryl/α,β-unsaturated/α-hetero) is 2. The summed E-state index contributed by atoms with van der Waals surface area (Å²) in [7, 11) is 0. The van der Waals surface area contributed by atoms with Crippen LogP contribution in [-0.4, -0.2) is 24.8 Å².